The number of hydrogen-bond acceptors (Lipinski definition) is 6. The maximum atomic E-state index is 13.3. The van der Waals surface area contributed by atoms with Gasteiger partial charge in [0, 0.05) is 49.6 Å². The molecule has 1 unspecified atom stereocenters. The maximum Gasteiger partial charge on any atom is 0.412 e. The molecular weight excluding hydrogens is 446 g/mol. The highest BCUT2D eigenvalue weighted by atomic mass is 35.5. The smallest absolute Gasteiger partial charge is 0.412 e. The van der Waals surface area contributed by atoms with E-state index < -0.39 is 12.3 Å². The van der Waals surface area contributed by atoms with Crippen molar-refractivity contribution in [3.63, 3.8) is 0 Å². The molecule has 5 rings (SSSR count). The number of amides is 3. The normalized spacial score (nSPS) is 17.9. The second kappa shape index (κ2) is 8.32. The van der Waals surface area contributed by atoms with Crippen molar-refractivity contribution in [2.75, 3.05) is 31.1 Å². The number of nitrogens with zero attached hydrogens (tertiary/aromatic N) is 5. The van der Waals surface area contributed by atoms with Crippen LogP contribution in [0.3, 0.4) is 0 Å². The van der Waals surface area contributed by atoms with Gasteiger partial charge >= 0.3 is 6.09 Å². The summed E-state index contributed by atoms with van der Waals surface area (Å²) in [5.41, 5.74) is 1.41. The fraction of sp³-hybridized carbons (Fsp3) is 0.261. The van der Waals surface area contributed by atoms with E-state index in [0.717, 1.165) is 5.39 Å². The molecule has 9 nitrogen and oxygen atoms in total. The molecule has 0 N–H and O–H groups in total. The number of fused-ring (bicyclic) bond motifs is 2. The summed E-state index contributed by atoms with van der Waals surface area (Å²) >= 11 is 6.01. The molecule has 0 aliphatic carbocycles. The summed E-state index contributed by atoms with van der Waals surface area (Å²) in [6.07, 6.45) is -1.53. The summed E-state index contributed by atoms with van der Waals surface area (Å²) < 4.78 is 5.85. The van der Waals surface area contributed by atoms with E-state index >= 15 is 0 Å². The fourth-order valence-electron chi connectivity index (χ4n) is 4.10. The van der Waals surface area contributed by atoms with Gasteiger partial charge in [0.05, 0.1) is 0 Å². The van der Waals surface area contributed by atoms with Crippen LogP contribution < -0.4 is 4.90 Å². The number of carbonyl (C=O) groups is 3. The van der Waals surface area contributed by atoms with Gasteiger partial charge in [0.2, 0.25) is 12.1 Å². The van der Waals surface area contributed by atoms with Crippen molar-refractivity contribution in [2.24, 2.45) is 0 Å². The number of rotatable bonds is 2. The van der Waals surface area contributed by atoms with Crippen LogP contribution in [0.1, 0.15) is 29.1 Å². The molecule has 1 atom stereocenters. The van der Waals surface area contributed by atoms with Crippen molar-refractivity contribution in [3.8, 4) is 0 Å². The summed E-state index contributed by atoms with van der Waals surface area (Å²) in [7, 11) is 0. The number of anilines is 1. The van der Waals surface area contributed by atoms with Crippen LogP contribution in [0.2, 0.25) is 5.15 Å². The Morgan fingerprint density at radius 1 is 0.970 bits per heavy atom. The standard InChI is InChI=1S/C23H20ClN5O4/c1-14(30)27-10-12-28(13-11-27)23(32)33-22-17-5-3-2-4-16(17)21(31)29(22)19-9-7-15-6-8-18(24)25-20(15)26-19/h2-9,22H,10-13H2,1H3. The van der Waals surface area contributed by atoms with Gasteiger partial charge in [-0.25, -0.2) is 14.8 Å². The van der Waals surface area contributed by atoms with Crippen LogP contribution in [-0.2, 0) is 9.53 Å². The molecule has 1 fully saturated rings. The van der Waals surface area contributed by atoms with Gasteiger partial charge in [-0.05, 0) is 30.3 Å². The third-order valence-corrected chi connectivity index (χ3v) is 6.07. The van der Waals surface area contributed by atoms with Gasteiger partial charge in [0.1, 0.15) is 11.0 Å². The van der Waals surface area contributed by atoms with Crippen LogP contribution in [0.25, 0.3) is 11.0 Å². The van der Waals surface area contributed by atoms with Crippen LogP contribution in [-0.4, -0.2) is 63.9 Å². The van der Waals surface area contributed by atoms with E-state index in [-0.39, 0.29) is 17.0 Å². The Morgan fingerprint density at radius 3 is 2.42 bits per heavy atom. The highest BCUT2D eigenvalue weighted by molar-refractivity contribution is 6.29. The molecule has 3 aromatic rings. The first kappa shape index (κ1) is 21.1. The number of pyridine rings is 2. The van der Waals surface area contributed by atoms with Crippen LogP contribution >= 0.6 is 11.6 Å². The summed E-state index contributed by atoms with van der Waals surface area (Å²) in [4.78, 5) is 51.2. The molecule has 4 heterocycles. The average Bonchev–Trinajstić information content (AvgIpc) is 3.10. The predicted octanol–water partition coefficient (Wildman–Crippen LogP) is 3.24. The molecule has 1 aromatic carbocycles. The number of piperazine rings is 1. The molecular formula is C23H20ClN5O4. The molecule has 0 bridgehead atoms. The molecule has 3 amide bonds. The third kappa shape index (κ3) is 3.84. The van der Waals surface area contributed by atoms with Crippen LogP contribution in [0.5, 0.6) is 0 Å². The first-order chi connectivity index (χ1) is 15.9. The zero-order chi connectivity index (χ0) is 23.1. The number of carbonyl (C=O) groups excluding carboxylic acids is 3. The van der Waals surface area contributed by atoms with Gasteiger partial charge in [-0.2, -0.15) is 0 Å². The number of benzene rings is 1. The molecule has 0 saturated carbocycles. The monoisotopic (exact) mass is 465 g/mol. The predicted molar refractivity (Wildman–Crippen MR) is 121 cm³/mol. The van der Waals surface area contributed by atoms with Gasteiger partial charge in [0.25, 0.3) is 5.91 Å². The zero-order valence-electron chi connectivity index (χ0n) is 17.8. The van der Waals surface area contributed by atoms with Crippen molar-refractivity contribution < 1.29 is 19.1 Å². The van der Waals surface area contributed by atoms with Crippen LogP contribution in [0.4, 0.5) is 10.6 Å². The van der Waals surface area contributed by atoms with Gasteiger partial charge in [-0.15, -0.1) is 0 Å². The zero-order valence-corrected chi connectivity index (χ0v) is 18.5. The van der Waals surface area contributed by atoms with E-state index in [1.807, 2.05) is 0 Å². The van der Waals surface area contributed by atoms with Gasteiger partial charge < -0.3 is 14.5 Å². The highest BCUT2D eigenvalue weighted by Crippen LogP contribution is 2.38. The van der Waals surface area contributed by atoms with E-state index in [9.17, 15) is 14.4 Å². The molecule has 10 heteroatoms. The van der Waals surface area contributed by atoms with E-state index in [1.165, 1.54) is 16.7 Å². The average molecular weight is 466 g/mol. The Hall–Kier alpha value is -3.72. The lowest BCUT2D eigenvalue weighted by molar-refractivity contribution is -0.130. The molecule has 0 spiro atoms. The van der Waals surface area contributed by atoms with Crippen molar-refractivity contribution in [3.05, 3.63) is 64.8 Å². The fourth-order valence-corrected chi connectivity index (χ4v) is 4.24. The van der Waals surface area contributed by atoms with Crippen molar-refractivity contribution in [2.45, 2.75) is 13.2 Å². The largest absolute Gasteiger partial charge is 0.420 e. The SMILES string of the molecule is CC(=O)N1CCN(C(=O)OC2c3ccccc3C(=O)N2c2ccc3ccc(Cl)nc3n2)CC1. The lowest BCUT2D eigenvalue weighted by atomic mass is 10.1. The lowest BCUT2D eigenvalue weighted by Gasteiger charge is -2.34. The minimum atomic E-state index is -0.976. The number of ether oxygens (including phenoxy) is 1. The Morgan fingerprint density at radius 2 is 1.67 bits per heavy atom. The molecule has 33 heavy (non-hydrogen) atoms. The lowest BCUT2D eigenvalue weighted by Crippen LogP contribution is -2.50. The summed E-state index contributed by atoms with van der Waals surface area (Å²) in [5.74, 6) is -0.0445. The maximum absolute atomic E-state index is 13.3. The second-order valence-corrected chi connectivity index (χ2v) is 8.23. The van der Waals surface area contributed by atoms with E-state index in [1.54, 1.807) is 53.4 Å². The minimum absolute atomic E-state index is 0.0272. The summed E-state index contributed by atoms with van der Waals surface area (Å²) in [5, 5.41) is 1.06. The molecule has 168 valence electrons. The van der Waals surface area contributed by atoms with E-state index in [4.69, 9.17) is 16.3 Å². The Bertz CT molecular complexity index is 1270. The second-order valence-electron chi connectivity index (χ2n) is 7.84. The third-order valence-electron chi connectivity index (χ3n) is 5.86. The van der Waals surface area contributed by atoms with Crippen LogP contribution in [0, 0.1) is 0 Å². The summed E-state index contributed by atoms with van der Waals surface area (Å²) in [6.45, 7) is 3.10. The summed E-state index contributed by atoms with van der Waals surface area (Å²) in [6, 6.07) is 13.9. The Kier molecular flexibility index (Phi) is 5.33. The number of halogens is 1. The Labute approximate surface area is 194 Å². The first-order valence-corrected chi connectivity index (χ1v) is 10.9. The van der Waals surface area contributed by atoms with Gasteiger partial charge in [-0.3, -0.25) is 14.5 Å². The van der Waals surface area contributed by atoms with E-state index in [2.05, 4.69) is 9.97 Å². The molecule has 2 aromatic heterocycles. The molecule has 0 radical (unpaired) electrons. The highest BCUT2D eigenvalue weighted by Gasteiger charge is 2.42. The molecule has 2 aliphatic rings. The minimum Gasteiger partial charge on any atom is -0.420 e. The van der Waals surface area contributed by atoms with Gasteiger partial charge in [0.15, 0.2) is 5.65 Å². The quantitative estimate of drug-likeness (QED) is 0.539. The van der Waals surface area contributed by atoms with Crippen LogP contribution in [0.15, 0.2) is 48.5 Å². The molecule has 2 aliphatic heterocycles. The topological polar surface area (TPSA) is 95.9 Å². The first-order valence-electron chi connectivity index (χ1n) is 10.5. The number of hydrogen-bond donors (Lipinski definition) is 0. The van der Waals surface area contributed by atoms with Crippen molar-refractivity contribution >= 4 is 46.4 Å². The van der Waals surface area contributed by atoms with Gasteiger partial charge in [-0.1, -0.05) is 29.8 Å². The van der Waals surface area contributed by atoms with Crippen molar-refractivity contribution in [1.82, 2.24) is 19.8 Å². The molecule has 1 saturated heterocycles. The Balaban J connectivity index is 1.45. The number of aromatic nitrogens is 2. The van der Waals surface area contributed by atoms with E-state index in [0.29, 0.717) is 48.8 Å². The van der Waals surface area contributed by atoms with Crippen molar-refractivity contribution in [1.29, 1.82) is 0 Å².